The molecule has 9 heteroatoms. The molecule has 1 aliphatic rings. The van der Waals surface area contributed by atoms with Gasteiger partial charge in [0, 0.05) is 49.7 Å². The van der Waals surface area contributed by atoms with Crippen LogP contribution in [-0.4, -0.2) is 17.6 Å². The van der Waals surface area contributed by atoms with Crippen LogP contribution in [-0.2, 0) is 4.79 Å². The maximum atomic E-state index is 12.1. The first-order valence-corrected chi connectivity index (χ1v) is 11.1. The molecule has 6 N–H and O–H groups in total. The van der Waals surface area contributed by atoms with Gasteiger partial charge in [0.15, 0.2) is 0 Å². The number of nitrogens with zero attached hydrogens (tertiary/aromatic N) is 1. The van der Waals surface area contributed by atoms with Gasteiger partial charge in [-0.25, -0.2) is 4.98 Å². The number of nitrogens with one attached hydrogen (secondary N) is 2. The quantitative estimate of drug-likeness (QED) is 0.384. The van der Waals surface area contributed by atoms with E-state index in [0.29, 0.717) is 15.9 Å². The largest absolute Gasteiger partial charge is 0.318 e. The van der Waals surface area contributed by atoms with Crippen LogP contribution in [0.4, 0.5) is 5.82 Å². The summed E-state index contributed by atoms with van der Waals surface area (Å²) < 4.78 is 0. The van der Waals surface area contributed by atoms with Crippen molar-refractivity contribution in [3.63, 3.8) is 0 Å². The number of hydrogen-bond acceptors (Lipinski definition) is 6. The van der Waals surface area contributed by atoms with E-state index in [9.17, 15) is 4.79 Å². The highest BCUT2D eigenvalue weighted by atomic mass is 35.5. The number of anilines is 1. The van der Waals surface area contributed by atoms with Gasteiger partial charge < -0.3 is 16.8 Å². The van der Waals surface area contributed by atoms with Crippen LogP contribution < -0.4 is 22.1 Å². The summed E-state index contributed by atoms with van der Waals surface area (Å²) in [5, 5.41) is 7.05. The van der Waals surface area contributed by atoms with Crippen LogP contribution in [0.5, 0.6) is 0 Å². The molecule has 3 aromatic rings. The minimum Gasteiger partial charge on any atom is -0.318 e. The second kappa shape index (κ2) is 9.01. The highest BCUT2D eigenvalue weighted by Gasteiger charge is 2.29. The predicted octanol–water partition coefficient (Wildman–Crippen LogP) is 4.60. The molecule has 1 aliphatic carbocycles. The normalized spacial score (nSPS) is 14.5. The Morgan fingerprint density at radius 3 is 2.70 bits per heavy atom. The van der Waals surface area contributed by atoms with Gasteiger partial charge in [-0.3, -0.25) is 10.1 Å². The summed E-state index contributed by atoms with van der Waals surface area (Å²) in [7, 11) is 0. The van der Waals surface area contributed by atoms with Crippen LogP contribution >= 0.6 is 34.5 Å². The number of halogens is 2. The molecule has 1 atom stereocenters. The van der Waals surface area contributed by atoms with Crippen molar-refractivity contribution in [1.82, 2.24) is 10.3 Å². The van der Waals surface area contributed by atoms with Crippen LogP contribution in [0.3, 0.4) is 0 Å². The predicted molar refractivity (Wildman–Crippen MR) is 123 cm³/mol. The van der Waals surface area contributed by atoms with Gasteiger partial charge in [0.1, 0.15) is 5.82 Å². The lowest BCUT2D eigenvalue weighted by molar-refractivity contribution is -0.117. The van der Waals surface area contributed by atoms with Crippen LogP contribution in [0.2, 0.25) is 10.0 Å². The zero-order valence-electron chi connectivity index (χ0n) is 16.0. The summed E-state index contributed by atoms with van der Waals surface area (Å²) >= 11 is 14.1. The third-order valence-electron chi connectivity index (χ3n) is 4.85. The number of aromatic nitrogens is 1. The van der Waals surface area contributed by atoms with Crippen molar-refractivity contribution < 1.29 is 4.79 Å². The van der Waals surface area contributed by atoms with Gasteiger partial charge in [-0.1, -0.05) is 29.3 Å². The van der Waals surface area contributed by atoms with E-state index in [2.05, 4.69) is 15.6 Å². The zero-order valence-corrected chi connectivity index (χ0v) is 18.3. The fraction of sp³-hybridized carbons (Fsp3) is 0.238. The van der Waals surface area contributed by atoms with E-state index in [0.717, 1.165) is 39.3 Å². The summed E-state index contributed by atoms with van der Waals surface area (Å²) in [4.78, 5) is 18.2. The van der Waals surface area contributed by atoms with Gasteiger partial charge in [0.2, 0.25) is 5.91 Å². The second-order valence-electron chi connectivity index (χ2n) is 7.09. The van der Waals surface area contributed by atoms with Gasteiger partial charge in [0.05, 0.1) is 6.17 Å². The molecule has 1 amide bonds. The number of carbonyl (C=O) groups excluding carboxylic acids is 1. The Morgan fingerprint density at radius 1 is 1.20 bits per heavy atom. The molecule has 30 heavy (non-hydrogen) atoms. The number of carbonyl (C=O) groups is 1. The molecule has 156 valence electrons. The first-order valence-electron chi connectivity index (χ1n) is 9.51. The second-order valence-corrected chi connectivity index (χ2v) is 9.02. The zero-order chi connectivity index (χ0) is 21.3. The van der Waals surface area contributed by atoms with Gasteiger partial charge in [0.25, 0.3) is 0 Å². The third-order valence-corrected chi connectivity index (χ3v) is 6.66. The van der Waals surface area contributed by atoms with E-state index >= 15 is 0 Å². The van der Waals surface area contributed by atoms with Crippen molar-refractivity contribution in [3.05, 3.63) is 57.5 Å². The topological polar surface area (TPSA) is 106 Å². The standard InChI is InChI=1S/C21H21Cl2N5OS/c22-13-3-4-14(16(23)8-13)15-9-17(30-19(15)20(25)27-10-24)12-5-6-26-18(7-12)28-21(29)11-1-2-11/h3-9,11,20,27H,1-2,10,24-25H2,(H,26,28,29). The van der Waals surface area contributed by atoms with E-state index in [1.165, 1.54) is 11.3 Å². The van der Waals surface area contributed by atoms with E-state index in [4.69, 9.17) is 34.7 Å². The number of rotatable bonds is 7. The molecular weight excluding hydrogens is 441 g/mol. The van der Waals surface area contributed by atoms with E-state index in [1.54, 1.807) is 18.3 Å². The number of pyridine rings is 1. The van der Waals surface area contributed by atoms with E-state index < -0.39 is 6.17 Å². The fourth-order valence-corrected chi connectivity index (χ4v) is 4.80. The van der Waals surface area contributed by atoms with Crippen molar-refractivity contribution in [3.8, 4) is 21.6 Å². The summed E-state index contributed by atoms with van der Waals surface area (Å²) in [6, 6.07) is 11.2. The molecule has 0 spiro atoms. The van der Waals surface area contributed by atoms with Crippen molar-refractivity contribution in [1.29, 1.82) is 0 Å². The maximum absolute atomic E-state index is 12.1. The Balaban J connectivity index is 1.73. The SMILES string of the molecule is NCNC(N)c1sc(-c2ccnc(NC(=O)C3CC3)c2)cc1-c1ccc(Cl)cc1Cl. The Bertz CT molecular complexity index is 1080. The highest BCUT2D eigenvalue weighted by Crippen LogP contribution is 2.42. The fourth-order valence-electron chi connectivity index (χ4n) is 3.14. The average molecular weight is 462 g/mol. The van der Waals surface area contributed by atoms with Gasteiger partial charge in [-0.15, -0.1) is 11.3 Å². The lowest BCUT2D eigenvalue weighted by atomic mass is 10.0. The highest BCUT2D eigenvalue weighted by molar-refractivity contribution is 7.16. The maximum Gasteiger partial charge on any atom is 0.228 e. The Hall–Kier alpha value is -2.00. The van der Waals surface area contributed by atoms with Crippen LogP contribution in [0.25, 0.3) is 21.6 Å². The summed E-state index contributed by atoms with van der Waals surface area (Å²) in [5.74, 6) is 0.673. The molecule has 6 nitrogen and oxygen atoms in total. The molecule has 2 heterocycles. The van der Waals surface area contributed by atoms with Crippen LogP contribution in [0, 0.1) is 5.92 Å². The molecule has 2 aromatic heterocycles. The van der Waals surface area contributed by atoms with Crippen molar-refractivity contribution in [2.24, 2.45) is 17.4 Å². The first kappa shape index (κ1) is 21.2. The summed E-state index contributed by atoms with van der Waals surface area (Å²) in [6.45, 7) is 0.245. The Kier molecular flexibility index (Phi) is 6.38. The molecule has 1 saturated carbocycles. The Morgan fingerprint density at radius 2 is 2.00 bits per heavy atom. The third kappa shape index (κ3) is 4.67. The molecule has 0 radical (unpaired) electrons. The van der Waals surface area contributed by atoms with Gasteiger partial charge in [-0.05, 0) is 48.7 Å². The minimum atomic E-state index is -0.452. The number of thiophene rings is 1. The van der Waals surface area contributed by atoms with Crippen molar-refractivity contribution >= 4 is 46.3 Å². The molecule has 0 saturated heterocycles. The molecule has 4 rings (SSSR count). The molecule has 1 aromatic carbocycles. The van der Waals surface area contributed by atoms with E-state index in [-0.39, 0.29) is 18.5 Å². The van der Waals surface area contributed by atoms with Crippen molar-refractivity contribution in [2.45, 2.75) is 19.0 Å². The molecule has 0 aliphatic heterocycles. The molecule has 1 fully saturated rings. The van der Waals surface area contributed by atoms with Gasteiger partial charge >= 0.3 is 0 Å². The van der Waals surface area contributed by atoms with Crippen molar-refractivity contribution in [2.75, 3.05) is 12.0 Å². The average Bonchev–Trinajstić information content (AvgIpc) is 3.48. The Labute approximate surface area is 188 Å². The lowest BCUT2D eigenvalue weighted by Crippen LogP contribution is -2.32. The van der Waals surface area contributed by atoms with E-state index in [1.807, 2.05) is 24.3 Å². The molecular formula is C21H21Cl2N5OS. The molecule has 0 bridgehead atoms. The van der Waals surface area contributed by atoms with Crippen LogP contribution in [0.1, 0.15) is 23.9 Å². The first-order chi connectivity index (χ1) is 14.5. The number of nitrogens with two attached hydrogens (primary N) is 2. The smallest absolute Gasteiger partial charge is 0.228 e. The molecule has 1 unspecified atom stereocenters. The summed E-state index contributed by atoms with van der Waals surface area (Å²) in [6.07, 6.45) is 3.12. The number of hydrogen-bond donors (Lipinski definition) is 4. The lowest BCUT2D eigenvalue weighted by Gasteiger charge is -2.14. The van der Waals surface area contributed by atoms with Crippen LogP contribution in [0.15, 0.2) is 42.6 Å². The monoisotopic (exact) mass is 461 g/mol. The van der Waals surface area contributed by atoms with Gasteiger partial charge in [-0.2, -0.15) is 0 Å². The number of amides is 1. The minimum absolute atomic E-state index is 0.0225. The summed E-state index contributed by atoms with van der Waals surface area (Å²) in [5.41, 5.74) is 14.6. The number of benzene rings is 1.